The van der Waals surface area contributed by atoms with E-state index in [1.54, 1.807) is 0 Å². The van der Waals surface area contributed by atoms with Gasteiger partial charge in [-0.25, -0.2) is 0 Å². The molecule has 0 aliphatic carbocycles. The third-order valence-corrected chi connectivity index (χ3v) is 1.59. The molecule has 1 fully saturated rings. The molecule has 0 aromatic carbocycles. The molecule has 0 atom stereocenters. The molecular weight excluding hydrogens is 166 g/mol. The number of carbonyl (C=O) groups is 1. The molecule has 66 valence electrons. The van der Waals surface area contributed by atoms with Crippen molar-refractivity contribution in [1.82, 2.24) is 10.2 Å². The van der Waals surface area contributed by atoms with Crippen LogP contribution in [0.4, 0.5) is 0 Å². The molecule has 0 saturated carbocycles. The minimum absolute atomic E-state index is 0. The average molecular weight is 179 g/mol. The van der Waals surface area contributed by atoms with Crippen LogP contribution in [-0.2, 0) is 4.79 Å². The zero-order valence-electron chi connectivity index (χ0n) is 6.35. The van der Waals surface area contributed by atoms with Crippen LogP contribution in [0.5, 0.6) is 0 Å². The average Bonchev–Trinajstić information content (AvgIpc) is 1.88. The van der Waals surface area contributed by atoms with Crippen molar-refractivity contribution in [2.75, 3.05) is 32.7 Å². The number of nitrogens with two attached hydrogens (primary N) is 1. The van der Waals surface area contributed by atoms with Gasteiger partial charge in [-0.05, 0) is 0 Å². The minimum Gasteiger partial charge on any atom is -1.00 e. The van der Waals surface area contributed by atoms with Crippen molar-refractivity contribution in [3.8, 4) is 0 Å². The van der Waals surface area contributed by atoms with Gasteiger partial charge in [0.2, 0.25) is 5.91 Å². The van der Waals surface area contributed by atoms with Gasteiger partial charge in [0.15, 0.2) is 0 Å². The van der Waals surface area contributed by atoms with Crippen LogP contribution in [0.2, 0.25) is 0 Å². The van der Waals surface area contributed by atoms with Crippen LogP contribution in [0.1, 0.15) is 0 Å². The summed E-state index contributed by atoms with van der Waals surface area (Å²) in [5.74, 6) is -0.234. The fourth-order valence-corrected chi connectivity index (χ4v) is 1.09. The second-order valence-electron chi connectivity index (χ2n) is 2.49. The highest BCUT2D eigenvalue weighted by Crippen LogP contribution is 1.89. The highest BCUT2D eigenvalue weighted by atomic mass is 35.5. The summed E-state index contributed by atoms with van der Waals surface area (Å²) in [7, 11) is 0. The van der Waals surface area contributed by atoms with Crippen molar-refractivity contribution in [3.63, 3.8) is 0 Å². The van der Waals surface area contributed by atoms with E-state index in [9.17, 15) is 4.79 Å². The molecular formula is C6H13ClN3O-. The summed E-state index contributed by atoms with van der Waals surface area (Å²) in [4.78, 5) is 12.5. The van der Waals surface area contributed by atoms with E-state index in [0.717, 1.165) is 26.2 Å². The van der Waals surface area contributed by atoms with Gasteiger partial charge in [-0.2, -0.15) is 0 Å². The zero-order chi connectivity index (χ0) is 7.40. The Kier molecular flexibility index (Phi) is 5.19. The lowest BCUT2D eigenvalue weighted by atomic mass is 10.3. The normalized spacial score (nSPS) is 18.9. The largest absolute Gasteiger partial charge is 1.00 e. The highest BCUT2D eigenvalue weighted by molar-refractivity contribution is 5.75. The maximum absolute atomic E-state index is 10.4. The topological polar surface area (TPSA) is 58.4 Å². The van der Waals surface area contributed by atoms with E-state index in [0.29, 0.717) is 6.54 Å². The number of carbonyl (C=O) groups excluding carboxylic acids is 1. The van der Waals surface area contributed by atoms with Gasteiger partial charge in [0.05, 0.1) is 6.54 Å². The molecule has 0 unspecified atom stereocenters. The van der Waals surface area contributed by atoms with E-state index in [4.69, 9.17) is 5.73 Å². The maximum Gasteiger partial charge on any atom is 0.231 e. The summed E-state index contributed by atoms with van der Waals surface area (Å²) in [5.41, 5.74) is 5.02. The summed E-state index contributed by atoms with van der Waals surface area (Å²) in [6.45, 7) is 4.20. The summed E-state index contributed by atoms with van der Waals surface area (Å²) in [6.07, 6.45) is 0. The molecule has 3 N–H and O–H groups in total. The zero-order valence-corrected chi connectivity index (χ0v) is 7.10. The smallest absolute Gasteiger partial charge is 0.231 e. The van der Waals surface area contributed by atoms with E-state index in [-0.39, 0.29) is 18.3 Å². The van der Waals surface area contributed by atoms with Crippen LogP contribution in [0.25, 0.3) is 0 Å². The lowest BCUT2D eigenvalue weighted by Gasteiger charge is -2.25. The number of nitrogens with one attached hydrogen (secondary N) is 1. The van der Waals surface area contributed by atoms with Gasteiger partial charge in [0, 0.05) is 26.2 Å². The quantitative estimate of drug-likeness (QED) is 0.448. The number of rotatable bonds is 2. The number of nitrogens with zero attached hydrogens (tertiary/aromatic N) is 1. The van der Waals surface area contributed by atoms with Crippen molar-refractivity contribution < 1.29 is 17.2 Å². The molecule has 0 aromatic heterocycles. The lowest BCUT2D eigenvalue weighted by molar-refractivity contribution is -0.119. The molecule has 1 amide bonds. The van der Waals surface area contributed by atoms with E-state index in [2.05, 4.69) is 10.2 Å². The predicted molar refractivity (Wildman–Crippen MR) is 38.5 cm³/mol. The van der Waals surface area contributed by atoms with Gasteiger partial charge < -0.3 is 23.5 Å². The Hall–Kier alpha value is -0.320. The molecule has 0 aromatic rings. The SMILES string of the molecule is NC(=O)CN1CCNCC1.[Cl-]. The molecule has 1 saturated heterocycles. The van der Waals surface area contributed by atoms with E-state index >= 15 is 0 Å². The molecule has 0 spiro atoms. The minimum atomic E-state index is -0.234. The predicted octanol–water partition coefficient (Wildman–Crippen LogP) is -4.62. The first-order valence-corrected chi connectivity index (χ1v) is 3.50. The molecule has 5 heteroatoms. The third-order valence-electron chi connectivity index (χ3n) is 1.59. The van der Waals surface area contributed by atoms with Crippen molar-refractivity contribution in [3.05, 3.63) is 0 Å². The Morgan fingerprint density at radius 2 is 2.00 bits per heavy atom. The summed E-state index contributed by atoms with van der Waals surface area (Å²) in [6, 6.07) is 0. The first-order chi connectivity index (χ1) is 4.79. The van der Waals surface area contributed by atoms with E-state index < -0.39 is 0 Å². The maximum atomic E-state index is 10.4. The van der Waals surface area contributed by atoms with Gasteiger partial charge in [-0.3, -0.25) is 9.69 Å². The lowest BCUT2D eigenvalue weighted by Crippen LogP contribution is -3.00. The van der Waals surface area contributed by atoms with Gasteiger partial charge in [-0.15, -0.1) is 0 Å². The summed E-state index contributed by atoms with van der Waals surface area (Å²) < 4.78 is 0. The van der Waals surface area contributed by atoms with Crippen LogP contribution in [-0.4, -0.2) is 43.5 Å². The molecule has 1 rings (SSSR count). The third kappa shape index (κ3) is 4.19. The van der Waals surface area contributed by atoms with Crippen LogP contribution in [0.3, 0.4) is 0 Å². The van der Waals surface area contributed by atoms with Gasteiger partial charge in [-0.1, -0.05) is 0 Å². The molecule has 1 aliphatic heterocycles. The van der Waals surface area contributed by atoms with Crippen molar-refractivity contribution in [1.29, 1.82) is 0 Å². The number of hydrogen-bond acceptors (Lipinski definition) is 3. The number of halogens is 1. The molecule has 0 radical (unpaired) electrons. The Morgan fingerprint density at radius 3 is 2.45 bits per heavy atom. The Morgan fingerprint density at radius 1 is 1.45 bits per heavy atom. The van der Waals surface area contributed by atoms with E-state index in [1.165, 1.54) is 0 Å². The number of amides is 1. The first-order valence-electron chi connectivity index (χ1n) is 3.50. The molecule has 0 bridgehead atoms. The Labute approximate surface area is 72.5 Å². The van der Waals surface area contributed by atoms with Crippen molar-refractivity contribution in [2.24, 2.45) is 5.73 Å². The number of hydrogen-bond donors (Lipinski definition) is 2. The van der Waals surface area contributed by atoms with Crippen LogP contribution < -0.4 is 23.5 Å². The van der Waals surface area contributed by atoms with Crippen LogP contribution in [0.15, 0.2) is 0 Å². The van der Waals surface area contributed by atoms with E-state index in [1.807, 2.05) is 0 Å². The van der Waals surface area contributed by atoms with Crippen molar-refractivity contribution >= 4 is 5.91 Å². The molecule has 4 nitrogen and oxygen atoms in total. The second-order valence-corrected chi connectivity index (χ2v) is 2.49. The number of primary amides is 1. The fourth-order valence-electron chi connectivity index (χ4n) is 1.09. The molecule has 1 heterocycles. The monoisotopic (exact) mass is 178 g/mol. The van der Waals surface area contributed by atoms with Crippen molar-refractivity contribution in [2.45, 2.75) is 0 Å². The first kappa shape index (κ1) is 10.7. The summed E-state index contributed by atoms with van der Waals surface area (Å²) >= 11 is 0. The fraction of sp³-hybridized carbons (Fsp3) is 0.833. The Bertz CT molecular complexity index is 125. The van der Waals surface area contributed by atoms with Gasteiger partial charge in [0.25, 0.3) is 0 Å². The second kappa shape index (κ2) is 5.35. The summed E-state index contributed by atoms with van der Waals surface area (Å²) in [5, 5.41) is 3.19. The standard InChI is InChI=1S/C6H13N3O.ClH/c7-6(10)5-9-3-1-8-2-4-9;/h8H,1-5H2,(H2,7,10);1H/p-1. The van der Waals surface area contributed by atoms with Gasteiger partial charge in [0.1, 0.15) is 0 Å². The van der Waals surface area contributed by atoms with Crippen LogP contribution >= 0.6 is 0 Å². The number of piperazine rings is 1. The highest BCUT2D eigenvalue weighted by Gasteiger charge is 2.10. The molecule has 1 aliphatic rings. The van der Waals surface area contributed by atoms with Crippen LogP contribution in [0, 0.1) is 0 Å². The Balaban J connectivity index is 0.000001000. The van der Waals surface area contributed by atoms with Gasteiger partial charge >= 0.3 is 0 Å². The molecule has 11 heavy (non-hydrogen) atoms.